The molecule has 2 N–H and O–H groups in total. The minimum atomic E-state index is -1.05. The number of ether oxygens (including phenoxy) is 1. The van der Waals surface area contributed by atoms with Gasteiger partial charge in [0.15, 0.2) is 6.10 Å². The van der Waals surface area contributed by atoms with Gasteiger partial charge in [0.2, 0.25) is 0 Å². The summed E-state index contributed by atoms with van der Waals surface area (Å²) in [7, 11) is 1.82. The predicted octanol–water partition coefficient (Wildman–Crippen LogP) is 0.605. The molecule has 0 radical (unpaired) electrons. The van der Waals surface area contributed by atoms with E-state index < -0.39 is 12.1 Å². The number of fused-ring (bicyclic) bond motifs is 1. The first-order valence-corrected chi connectivity index (χ1v) is 6.00. The molecular weight excluding hydrogens is 248 g/mol. The number of anilines is 1. The Kier molecular flexibility index (Phi) is 3.71. The molecule has 1 aliphatic heterocycles. The highest BCUT2D eigenvalue weighted by Crippen LogP contribution is 2.34. The molecule has 1 unspecified atom stereocenters. The second kappa shape index (κ2) is 5.27. The average Bonchev–Trinajstić information content (AvgIpc) is 2.36. The summed E-state index contributed by atoms with van der Waals surface area (Å²) in [6.07, 6.45) is -0.665. The number of amides is 1. The smallest absolute Gasteiger partial charge is 0.323 e. The van der Waals surface area contributed by atoms with E-state index in [1.165, 1.54) is 4.90 Å². The van der Waals surface area contributed by atoms with Gasteiger partial charge < -0.3 is 15.2 Å². The first-order valence-electron chi connectivity index (χ1n) is 6.00. The molecule has 1 aromatic rings. The van der Waals surface area contributed by atoms with Crippen molar-refractivity contribution in [2.75, 3.05) is 18.5 Å². The number of rotatable bonds is 4. The molecule has 0 bridgehead atoms. The number of carboxylic acid groups (broad SMARTS) is 1. The molecule has 1 atom stereocenters. The van der Waals surface area contributed by atoms with Crippen LogP contribution in [0.4, 0.5) is 5.69 Å². The molecule has 1 aromatic carbocycles. The van der Waals surface area contributed by atoms with E-state index in [9.17, 15) is 9.59 Å². The Hall–Kier alpha value is -2.08. The molecule has 1 aliphatic rings. The van der Waals surface area contributed by atoms with Crippen LogP contribution in [0.5, 0.6) is 5.75 Å². The van der Waals surface area contributed by atoms with Crippen LogP contribution in [0.25, 0.3) is 0 Å². The second-order valence-electron chi connectivity index (χ2n) is 4.41. The molecule has 0 fully saturated rings. The Morgan fingerprint density at radius 3 is 2.89 bits per heavy atom. The normalized spacial score (nSPS) is 17.9. The Morgan fingerprint density at radius 2 is 2.26 bits per heavy atom. The van der Waals surface area contributed by atoms with E-state index in [2.05, 4.69) is 5.32 Å². The lowest BCUT2D eigenvalue weighted by Gasteiger charge is -2.32. The molecule has 19 heavy (non-hydrogen) atoms. The first kappa shape index (κ1) is 13.4. The zero-order valence-electron chi connectivity index (χ0n) is 10.8. The van der Waals surface area contributed by atoms with Crippen LogP contribution < -0.4 is 15.0 Å². The highest BCUT2D eigenvalue weighted by Gasteiger charge is 2.32. The lowest BCUT2D eigenvalue weighted by molar-refractivity contribution is -0.137. The van der Waals surface area contributed by atoms with E-state index in [0.717, 1.165) is 5.56 Å². The Morgan fingerprint density at radius 1 is 1.53 bits per heavy atom. The van der Waals surface area contributed by atoms with E-state index >= 15 is 0 Å². The van der Waals surface area contributed by atoms with Gasteiger partial charge in [-0.25, -0.2) is 0 Å². The van der Waals surface area contributed by atoms with Gasteiger partial charge in [0.1, 0.15) is 12.3 Å². The maximum atomic E-state index is 12.0. The molecule has 102 valence electrons. The molecule has 0 spiro atoms. The van der Waals surface area contributed by atoms with Crippen LogP contribution in [0.15, 0.2) is 18.2 Å². The number of hydrogen-bond acceptors (Lipinski definition) is 4. The third-order valence-corrected chi connectivity index (χ3v) is 2.91. The van der Waals surface area contributed by atoms with E-state index in [-0.39, 0.29) is 12.5 Å². The fraction of sp³-hybridized carbons (Fsp3) is 0.385. The van der Waals surface area contributed by atoms with Crippen molar-refractivity contribution < 1.29 is 19.4 Å². The van der Waals surface area contributed by atoms with Gasteiger partial charge in [-0.2, -0.15) is 0 Å². The molecule has 6 nitrogen and oxygen atoms in total. The molecule has 0 saturated carbocycles. The SMILES string of the molecule is CNCc1ccc2c(c1)N(CC(=O)O)C(=O)C(C)O2. The second-order valence-corrected chi connectivity index (χ2v) is 4.41. The van der Waals surface area contributed by atoms with Crippen LogP contribution in [-0.4, -0.2) is 36.7 Å². The van der Waals surface area contributed by atoms with Gasteiger partial charge in [-0.3, -0.25) is 14.5 Å². The van der Waals surface area contributed by atoms with Crippen molar-refractivity contribution in [1.82, 2.24) is 5.32 Å². The van der Waals surface area contributed by atoms with Crippen LogP contribution in [0.1, 0.15) is 12.5 Å². The van der Waals surface area contributed by atoms with Crippen molar-refractivity contribution in [2.24, 2.45) is 0 Å². The number of hydrogen-bond donors (Lipinski definition) is 2. The van der Waals surface area contributed by atoms with E-state index in [0.29, 0.717) is 18.0 Å². The topological polar surface area (TPSA) is 78.9 Å². The number of carbonyl (C=O) groups is 2. The maximum Gasteiger partial charge on any atom is 0.323 e. The zero-order valence-corrected chi connectivity index (χ0v) is 10.8. The number of aliphatic carboxylic acids is 1. The number of nitrogens with zero attached hydrogens (tertiary/aromatic N) is 1. The van der Waals surface area contributed by atoms with Crippen molar-refractivity contribution >= 4 is 17.6 Å². The molecule has 0 aromatic heterocycles. The fourth-order valence-corrected chi connectivity index (χ4v) is 2.07. The average molecular weight is 264 g/mol. The van der Waals surface area contributed by atoms with Crippen LogP contribution in [0.2, 0.25) is 0 Å². The van der Waals surface area contributed by atoms with Gasteiger partial charge in [-0.1, -0.05) is 6.07 Å². The lowest BCUT2D eigenvalue weighted by Crippen LogP contribution is -2.46. The van der Waals surface area contributed by atoms with Crippen molar-refractivity contribution in [2.45, 2.75) is 19.6 Å². The van der Waals surface area contributed by atoms with Crippen LogP contribution in [-0.2, 0) is 16.1 Å². The molecule has 0 saturated heterocycles. The minimum absolute atomic E-state index is 0.337. The molecule has 2 rings (SSSR count). The van der Waals surface area contributed by atoms with Gasteiger partial charge in [-0.05, 0) is 31.7 Å². The Labute approximate surface area is 111 Å². The molecule has 0 aliphatic carbocycles. The largest absolute Gasteiger partial charge is 0.480 e. The molecular formula is C13H16N2O4. The Bertz CT molecular complexity index is 515. The summed E-state index contributed by atoms with van der Waals surface area (Å²) in [6.45, 7) is 1.89. The Balaban J connectivity index is 2.41. The predicted molar refractivity (Wildman–Crippen MR) is 69.3 cm³/mol. The van der Waals surface area contributed by atoms with Gasteiger partial charge >= 0.3 is 5.97 Å². The summed E-state index contributed by atoms with van der Waals surface area (Å²) in [5.74, 6) is -0.850. The van der Waals surface area contributed by atoms with E-state index in [4.69, 9.17) is 9.84 Å². The molecule has 1 heterocycles. The standard InChI is InChI=1S/C13H16N2O4/c1-8-13(18)15(7-12(16)17)10-5-9(6-14-2)3-4-11(10)19-8/h3-5,8,14H,6-7H2,1-2H3,(H,16,17). The van der Waals surface area contributed by atoms with Crippen molar-refractivity contribution in [1.29, 1.82) is 0 Å². The van der Waals surface area contributed by atoms with Gasteiger partial charge in [0, 0.05) is 6.54 Å². The van der Waals surface area contributed by atoms with Crippen LogP contribution >= 0.6 is 0 Å². The third-order valence-electron chi connectivity index (χ3n) is 2.91. The van der Waals surface area contributed by atoms with Gasteiger partial charge in [0.05, 0.1) is 5.69 Å². The van der Waals surface area contributed by atoms with Gasteiger partial charge in [0.25, 0.3) is 5.91 Å². The first-order chi connectivity index (χ1) is 9.02. The zero-order chi connectivity index (χ0) is 14.0. The number of carboxylic acids is 1. The number of nitrogens with one attached hydrogen (secondary N) is 1. The van der Waals surface area contributed by atoms with Gasteiger partial charge in [-0.15, -0.1) is 0 Å². The minimum Gasteiger partial charge on any atom is -0.480 e. The van der Waals surface area contributed by atoms with Crippen molar-refractivity contribution in [3.63, 3.8) is 0 Å². The summed E-state index contributed by atoms with van der Waals surface area (Å²) >= 11 is 0. The monoisotopic (exact) mass is 264 g/mol. The van der Waals surface area contributed by atoms with E-state index in [1.54, 1.807) is 19.1 Å². The maximum absolute atomic E-state index is 12.0. The summed E-state index contributed by atoms with van der Waals surface area (Å²) in [4.78, 5) is 24.2. The van der Waals surface area contributed by atoms with Crippen LogP contribution in [0.3, 0.4) is 0 Å². The van der Waals surface area contributed by atoms with Crippen molar-refractivity contribution in [3.05, 3.63) is 23.8 Å². The molecule has 6 heteroatoms. The van der Waals surface area contributed by atoms with Crippen molar-refractivity contribution in [3.8, 4) is 5.75 Å². The highest BCUT2D eigenvalue weighted by molar-refractivity contribution is 6.02. The summed E-state index contributed by atoms with van der Waals surface area (Å²) in [6, 6.07) is 5.43. The summed E-state index contributed by atoms with van der Waals surface area (Å²) in [5, 5.41) is 11.9. The quantitative estimate of drug-likeness (QED) is 0.832. The molecule has 1 amide bonds. The fourth-order valence-electron chi connectivity index (χ4n) is 2.07. The highest BCUT2D eigenvalue weighted by atomic mass is 16.5. The third kappa shape index (κ3) is 2.68. The number of carbonyl (C=O) groups excluding carboxylic acids is 1. The van der Waals surface area contributed by atoms with E-state index in [1.807, 2.05) is 13.1 Å². The van der Waals surface area contributed by atoms with Crippen LogP contribution in [0, 0.1) is 0 Å². The lowest BCUT2D eigenvalue weighted by atomic mass is 10.1. The number of benzene rings is 1. The summed E-state index contributed by atoms with van der Waals surface area (Å²) < 4.78 is 5.48. The summed E-state index contributed by atoms with van der Waals surface area (Å²) in [5.41, 5.74) is 1.47.